The molecule has 0 saturated carbocycles. The highest BCUT2D eigenvalue weighted by atomic mass is 35.5. The number of piperazine rings is 1. The van der Waals surface area contributed by atoms with Gasteiger partial charge in [-0.05, 0) is 66.8 Å². The first-order valence-electron chi connectivity index (χ1n) is 10.7. The van der Waals surface area contributed by atoms with E-state index in [1.54, 1.807) is 36.1 Å². The Morgan fingerprint density at radius 1 is 1.09 bits per heavy atom. The van der Waals surface area contributed by atoms with Gasteiger partial charge in [0.1, 0.15) is 5.82 Å². The highest BCUT2D eigenvalue weighted by Crippen LogP contribution is 2.22. The number of nitrogens with zero attached hydrogens (tertiary/aromatic N) is 2. The quantitative estimate of drug-likeness (QED) is 0.544. The van der Waals surface area contributed by atoms with Gasteiger partial charge in [0, 0.05) is 43.4 Å². The molecule has 0 radical (unpaired) electrons. The predicted octanol–water partition coefficient (Wildman–Crippen LogP) is 3.28. The number of nitrogens with one attached hydrogen (secondary N) is 1. The van der Waals surface area contributed by atoms with Crippen LogP contribution in [0.25, 0.3) is 0 Å². The Balaban J connectivity index is 1.52. The maximum absolute atomic E-state index is 13.7. The molecule has 1 heterocycles. The second-order valence-corrected chi connectivity index (χ2v) is 10.4. The third-order valence-electron chi connectivity index (χ3n) is 5.86. The van der Waals surface area contributed by atoms with E-state index in [1.165, 1.54) is 0 Å². The zero-order chi connectivity index (χ0) is 24.2. The lowest BCUT2D eigenvalue weighted by Gasteiger charge is -2.35. The number of carbonyl (C=O) groups is 1. The highest BCUT2D eigenvalue weighted by molar-refractivity contribution is 7.85. The second-order valence-electron chi connectivity index (χ2n) is 8.38. The largest absolute Gasteiger partial charge is 0.376 e. The maximum atomic E-state index is 13.7. The molecular weight excluding hydrogens is 469 g/mol. The standard InChI is InChI=1S/C23H29ClFN3O4S/c1-16-12-21(25)17(2)11-19(16)15-27-6-8-28(9-7-27)23(29)14-26-22-4-3-20(24)13-18(22)5-10-33(30,31)32/h3-4,11-13,26H,5-10,14-15H2,1-2H3,(H,30,31,32). The molecule has 180 valence electrons. The fourth-order valence-corrected chi connectivity index (χ4v) is 4.54. The van der Waals surface area contributed by atoms with Crippen LogP contribution < -0.4 is 5.32 Å². The van der Waals surface area contributed by atoms with E-state index in [0.717, 1.165) is 30.8 Å². The van der Waals surface area contributed by atoms with Crippen LogP contribution in [0, 0.1) is 19.7 Å². The Morgan fingerprint density at radius 3 is 2.45 bits per heavy atom. The molecule has 7 nitrogen and oxygen atoms in total. The number of carbonyl (C=O) groups excluding carboxylic acids is 1. The summed E-state index contributed by atoms with van der Waals surface area (Å²) >= 11 is 6.01. The van der Waals surface area contributed by atoms with Crippen LogP contribution >= 0.6 is 11.6 Å². The van der Waals surface area contributed by atoms with Crippen molar-refractivity contribution in [3.63, 3.8) is 0 Å². The third-order valence-corrected chi connectivity index (χ3v) is 6.82. The van der Waals surface area contributed by atoms with Crippen LogP contribution in [0.2, 0.25) is 5.02 Å². The summed E-state index contributed by atoms with van der Waals surface area (Å²) in [7, 11) is -4.10. The van der Waals surface area contributed by atoms with E-state index in [1.807, 2.05) is 13.0 Å². The zero-order valence-electron chi connectivity index (χ0n) is 18.8. The van der Waals surface area contributed by atoms with Gasteiger partial charge in [0.05, 0.1) is 12.3 Å². The van der Waals surface area contributed by atoms with E-state index in [4.69, 9.17) is 16.2 Å². The van der Waals surface area contributed by atoms with E-state index in [0.29, 0.717) is 34.9 Å². The molecule has 0 bridgehead atoms. The predicted molar refractivity (Wildman–Crippen MR) is 128 cm³/mol. The number of hydrogen-bond acceptors (Lipinski definition) is 5. The monoisotopic (exact) mass is 497 g/mol. The van der Waals surface area contributed by atoms with Crippen molar-refractivity contribution in [3.8, 4) is 0 Å². The average molecular weight is 498 g/mol. The molecule has 2 aromatic carbocycles. The number of hydrogen-bond donors (Lipinski definition) is 2. The topological polar surface area (TPSA) is 90.0 Å². The summed E-state index contributed by atoms with van der Waals surface area (Å²) in [5.74, 6) is -0.675. The van der Waals surface area contributed by atoms with Gasteiger partial charge in [0.2, 0.25) is 5.91 Å². The van der Waals surface area contributed by atoms with Crippen molar-refractivity contribution in [3.05, 3.63) is 63.4 Å². The number of amides is 1. The van der Waals surface area contributed by atoms with E-state index in [-0.39, 0.29) is 24.7 Å². The van der Waals surface area contributed by atoms with Gasteiger partial charge in [-0.15, -0.1) is 0 Å². The first kappa shape index (κ1) is 25.4. The number of benzene rings is 2. The van der Waals surface area contributed by atoms with E-state index < -0.39 is 15.9 Å². The Kier molecular flexibility index (Phi) is 8.33. The Bertz CT molecular complexity index is 1120. The minimum Gasteiger partial charge on any atom is -0.376 e. The normalized spacial score (nSPS) is 15.0. The molecule has 3 rings (SSSR count). The molecule has 1 aliphatic rings. The third kappa shape index (κ3) is 7.40. The summed E-state index contributed by atoms with van der Waals surface area (Å²) in [6.07, 6.45) is 0.0802. The van der Waals surface area contributed by atoms with Crippen LogP contribution in [0.3, 0.4) is 0 Å². The van der Waals surface area contributed by atoms with Crippen molar-refractivity contribution in [2.24, 2.45) is 0 Å². The smallest absolute Gasteiger partial charge is 0.265 e. The summed E-state index contributed by atoms with van der Waals surface area (Å²) in [5.41, 5.74) is 3.87. The average Bonchev–Trinajstić information content (AvgIpc) is 2.75. The summed E-state index contributed by atoms with van der Waals surface area (Å²) in [4.78, 5) is 16.8. The molecule has 1 fully saturated rings. The van der Waals surface area contributed by atoms with Gasteiger partial charge in [-0.3, -0.25) is 14.2 Å². The minimum absolute atomic E-state index is 0.0564. The molecule has 2 aromatic rings. The van der Waals surface area contributed by atoms with Crippen LogP contribution in [0.15, 0.2) is 30.3 Å². The summed E-state index contributed by atoms with van der Waals surface area (Å²) in [6.45, 7) is 7.09. The fraction of sp³-hybridized carbons (Fsp3) is 0.435. The molecule has 2 N–H and O–H groups in total. The van der Waals surface area contributed by atoms with Gasteiger partial charge in [-0.1, -0.05) is 17.7 Å². The van der Waals surface area contributed by atoms with Crippen LogP contribution in [0.5, 0.6) is 0 Å². The van der Waals surface area contributed by atoms with Gasteiger partial charge in [-0.2, -0.15) is 8.42 Å². The molecule has 1 aliphatic heterocycles. The van der Waals surface area contributed by atoms with Crippen molar-refractivity contribution in [2.45, 2.75) is 26.8 Å². The minimum atomic E-state index is -4.10. The Morgan fingerprint density at radius 2 is 1.79 bits per heavy atom. The van der Waals surface area contributed by atoms with Crippen LogP contribution in [0.1, 0.15) is 22.3 Å². The van der Waals surface area contributed by atoms with E-state index in [9.17, 15) is 17.6 Å². The second kappa shape index (κ2) is 10.8. The van der Waals surface area contributed by atoms with Gasteiger partial charge in [0.15, 0.2) is 0 Å². The van der Waals surface area contributed by atoms with Crippen molar-refractivity contribution >= 4 is 33.3 Å². The van der Waals surface area contributed by atoms with Crippen LogP contribution in [-0.4, -0.2) is 67.2 Å². The van der Waals surface area contributed by atoms with Gasteiger partial charge in [0.25, 0.3) is 10.1 Å². The molecule has 1 saturated heterocycles. The summed E-state index contributed by atoms with van der Waals surface area (Å²) in [5, 5.41) is 3.51. The van der Waals surface area contributed by atoms with Crippen molar-refractivity contribution in [1.29, 1.82) is 0 Å². The van der Waals surface area contributed by atoms with Crippen molar-refractivity contribution in [1.82, 2.24) is 9.80 Å². The van der Waals surface area contributed by atoms with Crippen LogP contribution in [0.4, 0.5) is 10.1 Å². The van der Waals surface area contributed by atoms with Gasteiger partial charge < -0.3 is 10.2 Å². The van der Waals surface area contributed by atoms with Gasteiger partial charge in [-0.25, -0.2) is 4.39 Å². The molecule has 0 spiro atoms. The Labute approximate surface area is 199 Å². The molecule has 0 aromatic heterocycles. The summed E-state index contributed by atoms with van der Waals surface area (Å²) < 4.78 is 44.9. The SMILES string of the molecule is Cc1cc(CN2CCN(C(=O)CNc3ccc(Cl)cc3CCS(=O)(=O)O)CC2)c(C)cc1F. The van der Waals surface area contributed by atoms with Crippen molar-refractivity contribution < 1.29 is 22.2 Å². The van der Waals surface area contributed by atoms with Gasteiger partial charge >= 0.3 is 0 Å². The number of halogens is 2. The number of aryl methyl sites for hydroxylation is 3. The first-order chi connectivity index (χ1) is 15.5. The van der Waals surface area contributed by atoms with E-state index in [2.05, 4.69) is 10.2 Å². The lowest BCUT2D eigenvalue weighted by Crippen LogP contribution is -2.49. The first-order valence-corrected chi connectivity index (χ1v) is 12.7. The number of anilines is 1. The van der Waals surface area contributed by atoms with Crippen LogP contribution in [-0.2, 0) is 27.9 Å². The molecule has 1 amide bonds. The fourth-order valence-electron chi connectivity index (χ4n) is 3.87. The molecular formula is C23H29ClFN3O4S. The zero-order valence-corrected chi connectivity index (χ0v) is 20.3. The molecule has 0 aliphatic carbocycles. The Hall–Kier alpha value is -2.20. The molecule has 10 heteroatoms. The number of rotatable bonds is 8. The lowest BCUT2D eigenvalue weighted by atomic mass is 10.0. The maximum Gasteiger partial charge on any atom is 0.265 e. The van der Waals surface area contributed by atoms with E-state index >= 15 is 0 Å². The molecule has 33 heavy (non-hydrogen) atoms. The molecule has 0 atom stereocenters. The molecule has 0 unspecified atom stereocenters. The van der Waals surface area contributed by atoms with Crippen molar-refractivity contribution in [2.75, 3.05) is 43.8 Å². The summed E-state index contributed by atoms with van der Waals surface area (Å²) in [6, 6.07) is 8.43. The lowest BCUT2D eigenvalue weighted by molar-refractivity contribution is -0.131. The highest BCUT2D eigenvalue weighted by Gasteiger charge is 2.22.